The van der Waals surface area contributed by atoms with E-state index in [9.17, 15) is 10.1 Å². The summed E-state index contributed by atoms with van der Waals surface area (Å²) < 4.78 is 11.3. The molecule has 0 unspecified atom stereocenters. The van der Waals surface area contributed by atoms with Gasteiger partial charge in [0, 0.05) is 28.7 Å². The average molecular weight is 464 g/mol. The third kappa shape index (κ3) is 3.50. The highest BCUT2D eigenvalue weighted by Gasteiger charge is 2.32. The van der Waals surface area contributed by atoms with Gasteiger partial charge in [-0.3, -0.25) is 10.1 Å². The third-order valence-electron chi connectivity index (χ3n) is 6.21. The highest BCUT2D eigenvalue weighted by atomic mass is 32.1. The molecule has 0 bridgehead atoms. The van der Waals surface area contributed by atoms with E-state index in [1.807, 2.05) is 23.2 Å². The van der Waals surface area contributed by atoms with Crippen molar-refractivity contribution in [2.75, 3.05) is 11.8 Å². The Morgan fingerprint density at radius 1 is 1.15 bits per heavy atom. The monoisotopic (exact) mass is 463 g/mol. The van der Waals surface area contributed by atoms with Gasteiger partial charge >= 0.3 is 0 Å². The third-order valence-corrected chi connectivity index (χ3v) is 7.29. The lowest BCUT2D eigenvalue weighted by atomic mass is 9.93. The molecule has 2 aliphatic heterocycles. The second-order valence-electron chi connectivity index (χ2n) is 8.66. The Balaban J connectivity index is 1.51. The lowest BCUT2D eigenvalue weighted by Crippen LogP contribution is -2.29. The van der Waals surface area contributed by atoms with Gasteiger partial charge in [0.2, 0.25) is 11.9 Å². The molecule has 3 heterocycles. The number of anilines is 1. The van der Waals surface area contributed by atoms with Gasteiger partial charge in [-0.25, -0.2) is 5.01 Å². The van der Waals surface area contributed by atoms with Crippen molar-refractivity contribution >= 4 is 27.9 Å². The van der Waals surface area contributed by atoms with Crippen LogP contribution in [0.3, 0.4) is 0 Å². The zero-order chi connectivity index (χ0) is 22.7. The molecule has 1 saturated carbocycles. The molecular weight excluding hydrogens is 442 g/mol. The Morgan fingerprint density at radius 3 is 2.67 bits per heavy atom. The fraction of sp³-hybridized carbons (Fsp3) is 0.348. The van der Waals surface area contributed by atoms with Crippen LogP contribution < -0.4 is 14.5 Å². The van der Waals surface area contributed by atoms with Gasteiger partial charge in [-0.2, -0.15) is 5.10 Å². The maximum atomic E-state index is 11.4. The van der Waals surface area contributed by atoms with E-state index in [0.717, 1.165) is 51.8 Å². The molecule has 1 aromatic heterocycles. The van der Waals surface area contributed by atoms with Crippen LogP contribution in [0.15, 0.2) is 35.4 Å². The largest absolute Gasteiger partial charge is 0.454 e. The van der Waals surface area contributed by atoms with Crippen molar-refractivity contribution in [1.29, 1.82) is 0 Å². The minimum Gasteiger partial charge on any atom is -0.454 e. The van der Waals surface area contributed by atoms with Crippen LogP contribution in [0, 0.1) is 17.0 Å². The van der Waals surface area contributed by atoms with Crippen molar-refractivity contribution in [3.05, 3.63) is 67.7 Å². The minimum absolute atomic E-state index is 0.0285. The molecule has 3 aliphatic rings. The molecule has 0 radical (unpaired) electrons. The second-order valence-corrected chi connectivity index (χ2v) is 9.65. The van der Waals surface area contributed by atoms with Gasteiger partial charge in [0.15, 0.2) is 11.5 Å². The number of ether oxygens (including phenoxy) is 2. The van der Waals surface area contributed by atoms with Crippen LogP contribution in [-0.2, 0) is 6.42 Å². The van der Waals surface area contributed by atoms with Crippen LogP contribution in [0.1, 0.15) is 52.9 Å². The summed E-state index contributed by atoms with van der Waals surface area (Å²) in [6, 6.07) is 9.10. The van der Waals surface area contributed by atoms with Crippen molar-refractivity contribution in [1.82, 2.24) is 10.2 Å². The molecule has 2 aromatic carbocycles. The second kappa shape index (κ2) is 7.51. The van der Waals surface area contributed by atoms with Crippen LogP contribution >= 0.6 is 11.3 Å². The smallest absolute Gasteiger partial charge is 0.272 e. The Hall–Kier alpha value is -3.53. The fourth-order valence-electron chi connectivity index (χ4n) is 4.30. The topological polar surface area (TPSA) is 103 Å². The number of aromatic nitrogens is 2. The lowest BCUT2D eigenvalue weighted by molar-refractivity contribution is -0.385. The predicted molar refractivity (Wildman–Crippen MR) is 124 cm³/mol. The number of rotatable bonds is 4. The first-order valence-electron chi connectivity index (χ1n) is 10.9. The minimum atomic E-state index is -0.366. The zero-order valence-corrected chi connectivity index (χ0v) is 19.0. The van der Waals surface area contributed by atoms with Crippen LogP contribution in [0.5, 0.6) is 11.5 Å². The number of hydrazone groups is 1. The highest BCUT2D eigenvalue weighted by molar-refractivity contribution is 7.15. The highest BCUT2D eigenvalue weighted by Crippen LogP contribution is 2.44. The number of hydrogen-bond acceptors (Lipinski definition) is 9. The average Bonchev–Trinajstić information content (AvgIpc) is 3.38. The summed E-state index contributed by atoms with van der Waals surface area (Å²) in [5.41, 5.74) is 4.18. The van der Waals surface area contributed by atoms with E-state index in [-0.39, 0.29) is 23.4 Å². The van der Waals surface area contributed by atoms with Crippen molar-refractivity contribution in [3.63, 3.8) is 0 Å². The van der Waals surface area contributed by atoms with E-state index in [2.05, 4.69) is 17.1 Å². The van der Waals surface area contributed by atoms with Crippen molar-refractivity contribution in [2.24, 2.45) is 5.10 Å². The van der Waals surface area contributed by atoms with Crippen LogP contribution in [-0.4, -0.2) is 33.7 Å². The summed E-state index contributed by atoms with van der Waals surface area (Å²) in [5.74, 6) is 1.92. The first-order valence-corrected chi connectivity index (χ1v) is 11.7. The van der Waals surface area contributed by atoms with Gasteiger partial charge < -0.3 is 9.47 Å². The first kappa shape index (κ1) is 20.1. The predicted octanol–water partition coefficient (Wildman–Crippen LogP) is 4.56. The van der Waals surface area contributed by atoms with Crippen LogP contribution in [0.4, 0.5) is 10.8 Å². The summed E-state index contributed by atoms with van der Waals surface area (Å²) in [7, 11) is 0. The number of nitrogens with zero attached hydrogens (tertiary/aromatic N) is 5. The molecule has 0 spiro atoms. The van der Waals surface area contributed by atoms with Gasteiger partial charge in [-0.15, -0.1) is 10.2 Å². The number of fused-ring (bicyclic) bond motifs is 2. The molecule has 10 heteroatoms. The molecule has 9 nitrogen and oxygen atoms in total. The molecule has 3 aromatic rings. The van der Waals surface area contributed by atoms with E-state index < -0.39 is 0 Å². The van der Waals surface area contributed by atoms with Crippen molar-refractivity contribution in [2.45, 2.75) is 45.1 Å². The van der Waals surface area contributed by atoms with Gasteiger partial charge in [0.1, 0.15) is 5.01 Å². The maximum Gasteiger partial charge on any atom is 0.272 e. The van der Waals surface area contributed by atoms with Gasteiger partial charge in [-0.1, -0.05) is 11.3 Å². The number of nitro benzene ring substituents is 1. The van der Waals surface area contributed by atoms with E-state index >= 15 is 0 Å². The molecule has 1 fully saturated rings. The van der Waals surface area contributed by atoms with Crippen LogP contribution in [0.25, 0.3) is 0 Å². The Kier molecular flexibility index (Phi) is 4.58. The molecule has 1 atom stereocenters. The molecule has 6 rings (SSSR count). The van der Waals surface area contributed by atoms with Crippen LogP contribution in [0.2, 0.25) is 0 Å². The van der Waals surface area contributed by atoms with E-state index in [4.69, 9.17) is 14.6 Å². The summed E-state index contributed by atoms with van der Waals surface area (Å²) >= 11 is 1.59. The first-order chi connectivity index (χ1) is 16.0. The molecule has 0 amide bonds. The summed E-state index contributed by atoms with van der Waals surface area (Å²) in [4.78, 5) is 11.0. The number of nitro groups is 1. The maximum absolute atomic E-state index is 11.4. The normalized spacial score (nSPS) is 19.2. The zero-order valence-electron chi connectivity index (χ0n) is 18.1. The fourth-order valence-corrected chi connectivity index (χ4v) is 5.37. The number of aryl methyl sites for hydroxylation is 1. The van der Waals surface area contributed by atoms with E-state index in [1.165, 1.54) is 6.07 Å². The summed E-state index contributed by atoms with van der Waals surface area (Å²) in [6.07, 6.45) is 3.05. The molecule has 168 valence electrons. The van der Waals surface area contributed by atoms with Gasteiger partial charge in [-0.05, 0) is 62.9 Å². The Bertz CT molecular complexity index is 1320. The standard InChI is InChI=1S/C23H21N5O4S/c1-12-7-15(5-6-18(12)28(29)30)21-17-10-20-19(31-11-32-20)9-16(17)8-13(2)27(26-21)23-25-24-22(33-23)14-3-4-14/h5-7,9-10,13-14H,3-4,8,11H2,1-2H3/t13-/m1/s1. The van der Waals surface area contributed by atoms with Crippen molar-refractivity contribution < 1.29 is 14.4 Å². The van der Waals surface area contributed by atoms with E-state index in [1.54, 1.807) is 24.3 Å². The summed E-state index contributed by atoms with van der Waals surface area (Å²) in [6.45, 7) is 4.05. The Morgan fingerprint density at radius 2 is 1.94 bits per heavy atom. The lowest BCUT2D eigenvalue weighted by Gasteiger charge is -2.21. The number of benzene rings is 2. The molecule has 0 saturated heterocycles. The SMILES string of the molecule is Cc1cc(C2=NN(c3nnc(C4CC4)s3)[C@H](C)Cc3cc4c(cc32)OCO4)ccc1[N+](=O)[O-]. The van der Waals surface area contributed by atoms with Gasteiger partial charge in [0.25, 0.3) is 5.69 Å². The van der Waals surface area contributed by atoms with Gasteiger partial charge in [0.05, 0.1) is 16.7 Å². The summed E-state index contributed by atoms with van der Waals surface area (Å²) in [5, 5.41) is 29.0. The van der Waals surface area contributed by atoms with E-state index in [0.29, 0.717) is 22.9 Å². The molecule has 1 aliphatic carbocycles. The number of hydrogen-bond donors (Lipinski definition) is 0. The van der Waals surface area contributed by atoms with Crippen molar-refractivity contribution in [3.8, 4) is 11.5 Å². The quantitative estimate of drug-likeness (QED) is 0.413. The molecular formula is C23H21N5O4S. The molecule has 33 heavy (non-hydrogen) atoms. The molecule has 0 N–H and O–H groups in total. The Labute approximate surface area is 193 Å².